The second kappa shape index (κ2) is 5.35. The van der Waals surface area contributed by atoms with Gasteiger partial charge in [0.15, 0.2) is 11.5 Å². The highest BCUT2D eigenvalue weighted by molar-refractivity contribution is 6.04. The summed E-state index contributed by atoms with van der Waals surface area (Å²) in [6.07, 6.45) is 0. The summed E-state index contributed by atoms with van der Waals surface area (Å²) in [7, 11) is 0. The number of benzene rings is 1. The van der Waals surface area contributed by atoms with Crippen LogP contribution < -0.4 is 14.8 Å². The number of nitrogens with zero attached hydrogens (tertiary/aromatic N) is 1. The number of hydrogen-bond donors (Lipinski definition) is 1. The molecule has 7 heteroatoms. The molecule has 0 fully saturated rings. The van der Waals surface area contributed by atoms with Crippen molar-refractivity contribution >= 4 is 11.6 Å². The first-order valence-corrected chi connectivity index (χ1v) is 6.16. The van der Waals surface area contributed by atoms with Crippen molar-refractivity contribution in [3.05, 3.63) is 47.8 Å². The number of carbonyl (C=O) groups excluding carboxylic acids is 1. The highest BCUT2D eigenvalue weighted by atomic mass is 19.1. The van der Waals surface area contributed by atoms with Crippen molar-refractivity contribution in [1.29, 1.82) is 0 Å². The van der Waals surface area contributed by atoms with Crippen molar-refractivity contribution in [2.45, 2.75) is 0 Å². The van der Waals surface area contributed by atoms with Crippen LogP contribution in [0.1, 0.15) is 10.4 Å². The summed E-state index contributed by atoms with van der Waals surface area (Å²) in [6.45, 7) is 0.847. The molecule has 0 unspecified atom stereocenters. The van der Waals surface area contributed by atoms with Gasteiger partial charge in [-0.05, 0) is 30.3 Å². The number of nitrogens with one attached hydrogen (secondary N) is 1. The van der Waals surface area contributed by atoms with E-state index in [2.05, 4.69) is 10.3 Å². The lowest BCUT2D eigenvalue weighted by atomic mass is 10.1. The Morgan fingerprint density at radius 1 is 1.10 bits per heavy atom. The summed E-state index contributed by atoms with van der Waals surface area (Å²) in [6, 6.07) is 6.69. The fraction of sp³-hybridized carbons (Fsp3) is 0.143. The average Bonchev–Trinajstić information content (AvgIpc) is 2.49. The molecule has 0 spiro atoms. The average molecular weight is 292 g/mol. The third-order valence-corrected chi connectivity index (χ3v) is 2.87. The van der Waals surface area contributed by atoms with Crippen LogP contribution in [0.3, 0.4) is 0 Å². The van der Waals surface area contributed by atoms with Crippen molar-refractivity contribution in [3.63, 3.8) is 0 Å². The van der Waals surface area contributed by atoms with Crippen LogP contribution in [-0.4, -0.2) is 24.1 Å². The highest BCUT2D eigenvalue weighted by Gasteiger charge is 2.16. The molecule has 2 heterocycles. The molecule has 1 aliphatic rings. The molecule has 21 heavy (non-hydrogen) atoms. The van der Waals surface area contributed by atoms with E-state index in [-0.39, 0.29) is 11.3 Å². The summed E-state index contributed by atoms with van der Waals surface area (Å²) in [5.41, 5.74) is 0.0688. The predicted octanol–water partition coefficient (Wildman–Crippen LogP) is 2.38. The van der Waals surface area contributed by atoms with E-state index in [0.717, 1.165) is 12.1 Å². The monoisotopic (exact) mass is 292 g/mol. The van der Waals surface area contributed by atoms with Crippen LogP contribution in [0.25, 0.3) is 0 Å². The molecule has 1 aliphatic heterocycles. The summed E-state index contributed by atoms with van der Waals surface area (Å²) < 4.78 is 36.8. The van der Waals surface area contributed by atoms with Crippen LogP contribution in [-0.2, 0) is 0 Å². The van der Waals surface area contributed by atoms with Crippen molar-refractivity contribution in [2.24, 2.45) is 0 Å². The number of ether oxygens (including phenoxy) is 2. The first-order valence-electron chi connectivity index (χ1n) is 6.16. The molecular formula is C14H10F2N2O3. The number of pyridine rings is 1. The molecule has 5 nitrogen and oxygen atoms in total. The largest absolute Gasteiger partial charge is 0.486 e. The maximum atomic E-state index is 13.4. The van der Waals surface area contributed by atoms with Gasteiger partial charge in [-0.25, -0.2) is 0 Å². The molecule has 0 aliphatic carbocycles. The van der Waals surface area contributed by atoms with Gasteiger partial charge in [0.25, 0.3) is 5.91 Å². The summed E-state index contributed by atoms with van der Waals surface area (Å²) in [5, 5.41) is 2.32. The normalized spacial score (nSPS) is 12.9. The molecule has 0 atom stereocenters. The minimum absolute atomic E-state index is 0.198. The Bertz CT molecular complexity index is 707. The van der Waals surface area contributed by atoms with Crippen molar-refractivity contribution in [1.82, 2.24) is 4.98 Å². The Labute approximate surface area is 118 Å². The van der Waals surface area contributed by atoms with Gasteiger partial charge in [0.2, 0.25) is 11.9 Å². The second-order valence-electron chi connectivity index (χ2n) is 4.28. The zero-order chi connectivity index (χ0) is 14.8. The number of halogens is 2. The molecule has 1 aromatic carbocycles. The molecule has 0 bridgehead atoms. The van der Waals surface area contributed by atoms with E-state index >= 15 is 0 Å². The Kier molecular flexibility index (Phi) is 3.39. The zero-order valence-electron chi connectivity index (χ0n) is 10.7. The lowest BCUT2D eigenvalue weighted by Crippen LogP contribution is -2.17. The van der Waals surface area contributed by atoms with E-state index in [0.29, 0.717) is 24.7 Å². The molecule has 108 valence electrons. The van der Waals surface area contributed by atoms with E-state index in [1.54, 1.807) is 6.07 Å². The molecule has 1 aromatic heterocycles. The molecule has 0 radical (unpaired) electrons. The van der Waals surface area contributed by atoms with E-state index in [4.69, 9.17) is 9.47 Å². The van der Waals surface area contributed by atoms with Crippen molar-refractivity contribution in [2.75, 3.05) is 18.5 Å². The Hall–Kier alpha value is -2.70. The third-order valence-electron chi connectivity index (χ3n) is 2.87. The number of aromatic nitrogens is 1. The number of hydrogen-bond acceptors (Lipinski definition) is 4. The number of rotatable bonds is 2. The lowest BCUT2D eigenvalue weighted by molar-refractivity contribution is 0.102. The quantitative estimate of drug-likeness (QED) is 0.863. The molecule has 1 amide bonds. The van der Waals surface area contributed by atoms with Gasteiger partial charge in [-0.3, -0.25) is 4.79 Å². The fourth-order valence-electron chi connectivity index (χ4n) is 1.88. The van der Waals surface area contributed by atoms with Crippen molar-refractivity contribution < 1.29 is 23.0 Å². The van der Waals surface area contributed by atoms with Crippen LogP contribution in [0.4, 0.5) is 14.5 Å². The van der Waals surface area contributed by atoms with Gasteiger partial charge in [0.1, 0.15) is 13.2 Å². The zero-order valence-corrected chi connectivity index (χ0v) is 10.7. The van der Waals surface area contributed by atoms with Gasteiger partial charge in [-0.2, -0.15) is 13.8 Å². The van der Waals surface area contributed by atoms with Crippen LogP contribution in [0.2, 0.25) is 0 Å². The maximum Gasteiger partial charge on any atom is 0.255 e. The number of amides is 1. The molecule has 2 aromatic rings. The third kappa shape index (κ3) is 2.76. The number of fused-ring (bicyclic) bond motifs is 1. The molecule has 0 saturated carbocycles. The Balaban J connectivity index is 1.82. The minimum atomic E-state index is -1.08. The van der Waals surface area contributed by atoms with Gasteiger partial charge in [0.05, 0.1) is 5.69 Å². The minimum Gasteiger partial charge on any atom is -0.486 e. The Morgan fingerprint density at radius 2 is 1.86 bits per heavy atom. The summed E-state index contributed by atoms with van der Waals surface area (Å²) >= 11 is 0. The molecule has 3 rings (SSSR count). The van der Waals surface area contributed by atoms with Gasteiger partial charge in [0, 0.05) is 5.56 Å². The van der Waals surface area contributed by atoms with Crippen molar-refractivity contribution in [3.8, 4) is 11.5 Å². The van der Waals surface area contributed by atoms with Crippen LogP contribution in [0.5, 0.6) is 11.5 Å². The number of anilines is 1. The first kappa shape index (κ1) is 13.3. The summed E-state index contributed by atoms with van der Waals surface area (Å²) in [5.74, 6) is -1.59. The summed E-state index contributed by atoms with van der Waals surface area (Å²) in [4.78, 5) is 15.0. The topological polar surface area (TPSA) is 60.5 Å². The molecular weight excluding hydrogens is 282 g/mol. The first-order chi connectivity index (χ1) is 10.1. The van der Waals surface area contributed by atoms with Gasteiger partial charge >= 0.3 is 0 Å². The molecule has 1 N–H and O–H groups in total. The maximum absolute atomic E-state index is 13.4. The van der Waals surface area contributed by atoms with Crippen LogP contribution in [0.15, 0.2) is 30.3 Å². The van der Waals surface area contributed by atoms with Crippen LogP contribution in [0, 0.1) is 11.9 Å². The van der Waals surface area contributed by atoms with Gasteiger partial charge in [-0.1, -0.05) is 0 Å². The van der Waals surface area contributed by atoms with E-state index < -0.39 is 17.8 Å². The van der Waals surface area contributed by atoms with E-state index in [1.165, 1.54) is 12.1 Å². The lowest BCUT2D eigenvalue weighted by Gasteiger charge is -2.18. The second-order valence-corrected chi connectivity index (χ2v) is 4.28. The SMILES string of the molecule is O=C(Nc1ccc(F)nc1F)c1ccc2c(c1)OCCO2. The fourth-order valence-corrected chi connectivity index (χ4v) is 1.88. The van der Waals surface area contributed by atoms with Gasteiger partial charge < -0.3 is 14.8 Å². The Morgan fingerprint density at radius 3 is 2.62 bits per heavy atom. The number of carbonyl (C=O) groups is 1. The van der Waals surface area contributed by atoms with E-state index in [9.17, 15) is 13.6 Å². The standard InChI is InChI=1S/C14H10F2N2O3/c15-12-4-2-9(13(16)18-12)17-14(19)8-1-3-10-11(7-8)21-6-5-20-10/h1-4,7H,5-6H2,(H,17,19). The molecule has 0 saturated heterocycles. The van der Waals surface area contributed by atoms with Crippen LogP contribution >= 0.6 is 0 Å². The smallest absolute Gasteiger partial charge is 0.255 e. The van der Waals surface area contributed by atoms with E-state index in [1.807, 2.05) is 0 Å². The predicted molar refractivity (Wildman–Crippen MR) is 69.5 cm³/mol. The highest BCUT2D eigenvalue weighted by Crippen LogP contribution is 2.31. The van der Waals surface area contributed by atoms with Gasteiger partial charge in [-0.15, -0.1) is 0 Å².